The van der Waals surface area contributed by atoms with Crippen molar-refractivity contribution < 1.29 is 19.0 Å². The van der Waals surface area contributed by atoms with Crippen LogP contribution in [0.1, 0.15) is 20.8 Å². The third kappa shape index (κ3) is 7.88. The second-order valence-electron chi connectivity index (χ2n) is 6.68. The molecular weight excluding hydrogens is 356 g/mol. The predicted molar refractivity (Wildman–Crippen MR) is 112 cm³/mol. The third-order valence-electron chi connectivity index (χ3n) is 3.72. The molecule has 0 fully saturated rings. The van der Waals surface area contributed by atoms with Crippen LogP contribution in [0.2, 0.25) is 0 Å². The van der Waals surface area contributed by atoms with Crippen molar-refractivity contribution in [3.8, 4) is 11.5 Å². The molecule has 0 aromatic heterocycles. The maximum absolute atomic E-state index is 12.3. The first-order valence-corrected chi connectivity index (χ1v) is 9.64. The molecule has 0 heterocycles. The van der Waals surface area contributed by atoms with Crippen LogP contribution >= 0.6 is 0 Å². The number of carbonyl (C=O) groups is 1. The molecule has 2 aromatic rings. The first-order valence-electron chi connectivity index (χ1n) is 9.64. The van der Waals surface area contributed by atoms with Crippen molar-refractivity contribution in [1.82, 2.24) is 0 Å². The maximum Gasteiger partial charge on any atom is 0.243 e. The topological polar surface area (TPSA) is 68.8 Å². The van der Waals surface area contributed by atoms with Crippen LogP contribution in [0.15, 0.2) is 48.5 Å². The van der Waals surface area contributed by atoms with E-state index in [0.29, 0.717) is 43.8 Å². The standard InChI is InChI=1S/C22H30N2O4/c1-4-26-12-13-27-19-9-7-8-18(14-19)23-15-22(25)24-20-10-5-6-11-21(20)28-16-17(2)3/h5-11,14,17,23H,4,12-13,15-16H2,1-3H3,(H,24,25). The SMILES string of the molecule is CCOCCOc1cccc(NCC(=O)Nc2ccccc2OCC(C)C)c1. The van der Waals surface area contributed by atoms with Gasteiger partial charge in [-0.3, -0.25) is 4.79 Å². The molecule has 2 rings (SSSR count). The van der Waals surface area contributed by atoms with Crippen LogP contribution < -0.4 is 20.1 Å². The van der Waals surface area contributed by atoms with Crippen molar-refractivity contribution in [3.63, 3.8) is 0 Å². The molecule has 2 N–H and O–H groups in total. The number of hydrogen-bond donors (Lipinski definition) is 2. The van der Waals surface area contributed by atoms with Gasteiger partial charge in [-0.1, -0.05) is 32.0 Å². The molecule has 0 bridgehead atoms. The average molecular weight is 386 g/mol. The minimum Gasteiger partial charge on any atom is -0.491 e. The number of para-hydroxylation sites is 2. The Labute approximate surface area is 167 Å². The summed E-state index contributed by atoms with van der Waals surface area (Å²) in [5, 5.41) is 6.01. The highest BCUT2D eigenvalue weighted by Gasteiger charge is 2.08. The normalized spacial score (nSPS) is 10.6. The number of ether oxygens (including phenoxy) is 3. The van der Waals surface area contributed by atoms with Gasteiger partial charge in [0.2, 0.25) is 5.91 Å². The van der Waals surface area contributed by atoms with Gasteiger partial charge in [-0.25, -0.2) is 0 Å². The second-order valence-corrected chi connectivity index (χ2v) is 6.68. The van der Waals surface area contributed by atoms with E-state index in [4.69, 9.17) is 14.2 Å². The van der Waals surface area contributed by atoms with E-state index in [1.165, 1.54) is 0 Å². The molecular formula is C22H30N2O4. The van der Waals surface area contributed by atoms with E-state index in [1.807, 2.05) is 55.5 Å². The third-order valence-corrected chi connectivity index (χ3v) is 3.72. The van der Waals surface area contributed by atoms with Crippen molar-refractivity contribution in [2.45, 2.75) is 20.8 Å². The number of nitrogens with one attached hydrogen (secondary N) is 2. The van der Waals surface area contributed by atoms with Crippen molar-refractivity contribution in [2.75, 3.05) is 43.6 Å². The number of hydrogen-bond acceptors (Lipinski definition) is 5. The summed E-state index contributed by atoms with van der Waals surface area (Å²) in [7, 11) is 0. The average Bonchev–Trinajstić information content (AvgIpc) is 2.69. The zero-order valence-corrected chi connectivity index (χ0v) is 16.9. The van der Waals surface area contributed by atoms with Crippen molar-refractivity contribution in [1.29, 1.82) is 0 Å². The van der Waals surface area contributed by atoms with E-state index in [2.05, 4.69) is 24.5 Å². The molecule has 0 saturated heterocycles. The van der Waals surface area contributed by atoms with E-state index in [0.717, 1.165) is 11.4 Å². The number of amides is 1. The van der Waals surface area contributed by atoms with Gasteiger partial charge in [0.1, 0.15) is 18.1 Å². The summed E-state index contributed by atoms with van der Waals surface area (Å²) in [6.07, 6.45) is 0. The van der Waals surface area contributed by atoms with Crippen molar-refractivity contribution in [2.24, 2.45) is 5.92 Å². The molecule has 1 amide bonds. The van der Waals surface area contributed by atoms with E-state index in [1.54, 1.807) is 0 Å². The quantitative estimate of drug-likeness (QED) is 0.536. The van der Waals surface area contributed by atoms with Crippen LogP contribution in [0.25, 0.3) is 0 Å². The van der Waals surface area contributed by atoms with Gasteiger partial charge in [-0.2, -0.15) is 0 Å². The summed E-state index contributed by atoms with van der Waals surface area (Å²) in [5.74, 6) is 1.67. The number of benzene rings is 2. The molecule has 152 valence electrons. The Balaban J connectivity index is 1.84. The Hall–Kier alpha value is -2.73. The highest BCUT2D eigenvalue weighted by atomic mass is 16.5. The maximum atomic E-state index is 12.3. The Morgan fingerprint density at radius 2 is 1.86 bits per heavy atom. The lowest BCUT2D eigenvalue weighted by molar-refractivity contribution is -0.114. The number of carbonyl (C=O) groups excluding carboxylic acids is 1. The second kappa shape index (κ2) is 11.9. The molecule has 2 aromatic carbocycles. The van der Waals surface area contributed by atoms with Crippen molar-refractivity contribution >= 4 is 17.3 Å². The van der Waals surface area contributed by atoms with E-state index in [9.17, 15) is 4.79 Å². The molecule has 0 radical (unpaired) electrons. The summed E-state index contributed by atoms with van der Waals surface area (Å²) in [6.45, 7) is 8.57. The fourth-order valence-corrected chi connectivity index (χ4v) is 2.39. The van der Waals surface area contributed by atoms with Gasteiger partial charge < -0.3 is 24.8 Å². The van der Waals surface area contributed by atoms with Gasteiger partial charge in [0.25, 0.3) is 0 Å². The van der Waals surface area contributed by atoms with Gasteiger partial charge in [0.15, 0.2) is 0 Å². The fourth-order valence-electron chi connectivity index (χ4n) is 2.39. The highest BCUT2D eigenvalue weighted by Crippen LogP contribution is 2.24. The van der Waals surface area contributed by atoms with Crippen LogP contribution in [-0.4, -0.2) is 38.9 Å². The Morgan fingerprint density at radius 3 is 2.64 bits per heavy atom. The molecule has 0 unspecified atom stereocenters. The molecule has 0 atom stereocenters. The summed E-state index contributed by atoms with van der Waals surface area (Å²) >= 11 is 0. The number of anilines is 2. The number of rotatable bonds is 12. The zero-order chi connectivity index (χ0) is 20.2. The van der Waals surface area contributed by atoms with E-state index >= 15 is 0 Å². The molecule has 0 aliphatic carbocycles. The molecule has 0 saturated carbocycles. The Bertz CT molecular complexity index is 734. The lowest BCUT2D eigenvalue weighted by Gasteiger charge is -2.14. The summed E-state index contributed by atoms with van der Waals surface area (Å²) in [5.41, 5.74) is 1.48. The first kappa shape index (κ1) is 21.6. The van der Waals surface area contributed by atoms with Crippen LogP contribution in [0.4, 0.5) is 11.4 Å². The Morgan fingerprint density at radius 1 is 1.04 bits per heavy atom. The van der Waals surface area contributed by atoms with Crippen LogP contribution in [0, 0.1) is 5.92 Å². The molecule has 0 spiro atoms. The largest absolute Gasteiger partial charge is 0.491 e. The minimum absolute atomic E-state index is 0.140. The predicted octanol–water partition coefficient (Wildman–Crippen LogP) is 4.19. The summed E-state index contributed by atoms with van der Waals surface area (Å²) in [4.78, 5) is 12.3. The van der Waals surface area contributed by atoms with Crippen molar-refractivity contribution in [3.05, 3.63) is 48.5 Å². The lowest BCUT2D eigenvalue weighted by Crippen LogP contribution is -2.22. The first-order chi connectivity index (χ1) is 13.6. The van der Waals surface area contributed by atoms with E-state index < -0.39 is 0 Å². The van der Waals surface area contributed by atoms with Gasteiger partial charge in [-0.15, -0.1) is 0 Å². The minimum atomic E-state index is -0.150. The monoisotopic (exact) mass is 386 g/mol. The van der Waals surface area contributed by atoms with Crippen LogP contribution in [0.5, 0.6) is 11.5 Å². The van der Waals surface area contributed by atoms with Crippen LogP contribution in [0.3, 0.4) is 0 Å². The summed E-state index contributed by atoms with van der Waals surface area (Å²) < 4.78 is 16.7. The van der Waals surface area contributed by atoms with Gasteiger partial charge in [0.05, 0.1) is 25.4 Å². The summed E-state index contributed by atoms with van der Waals surface area (Å²) in [6, 6.07) is 15.0. The highest BCUT2D eigenvalue weighted by molar-refractivity contribution is 5.95. The van der Waals surface area contributed by atoms with Gasteiger partial charge in [-0.05, 0) is 37.1 Å². The van der Waals surface area contributed by atoms with Crippen LogP contribution in [-0.2, 0) is 9.53 Å². The molecule has 28 heavy (non-hydrogen) atoms. The molecule has 6 nitrogen and oxygen atoms in total. The van der Waals surface area contributed by atoms with E-state index in [-0.39, 0.29) is 12.5 Å². The lowest BCUT2D eigenvalue weighted by atomic mass is 10.2. The smallest absolute Gasteiger partial charge is 0.243 e. The van der Waals surface area contributed by atoms with Gasteiger partial charge >= 0.3 is 0 Å². The van der Waals surface area contributed by atoms with Gasteiger partial charge in [0, 0.05) is 18.4 Å². The fraction of sp³-hybridized carbons (Fsp3) is 0.409. The Kier molecular flexibility index (Phi) is 9.15. The molecule has 6 heteroatoms. The molecule has 0 aliphatic rings. The molecule has 0 aliphatic heterocycles. The zero-order valence-electron chi connectivity index (χ0n) is 16.9.